The van der Waals surface area contributed by atoms with Crippen LogP contribution in [-0.4, -0.2) is 32.0 Å². The Morgan fingerprint density at radius 2 is 1.28 bits per heavy atom. The normalized spacial score (nSPS) is 24.1. The Labute approximate surface area is 189 Å². The molecule has 0 saturated heterocycles. The Balaban J connectivity index is 1.62. The minimum Gasteiger partial charge on any atom is -0.497 e. The summed E-state index contributed by atoms with van der Waals surface area (Å²) in [5.41, 5.74) is 2.28. The summed E-state index contributed by atoms with van der Waals surface area (Å²) in [7, 11) is 3.35. The van der Waals surface area contributed by atoms with Crippen molar-refractivity contribution < 1.29 is 19.3 Å². The maximum absolute atomic E-state index is 10.6. The molecule has 3 aromatic carbocycles. The van der Waals surface area contributed by atoms with Gasteiger partial charge in [-0.15, -0.1) is 0 Å². The van der Waals surface area contributed by atoms with Gasteiger partial charge in [0.15, 0.2) is 0 Å². The molecule has 0 aromatic heterocycles. The van der Waals surface area contributed by atoms with E-state index in [0.29, 0.717) is 18.4 Å². The molecule has 2 aliphatic carbocycles. The number of hydrogen-bond acceptors (Lipinski definition) is 4. The highest BCUT2D eigenvalue weighted by Crippen LogP contribution is 2.56. The molecule has 0 heterocycles. The average molecular weight is 431 g/mol. The monoisotopic (exact) mass is 430 g/mol. The van der Waals surface area contributed by atoms with Crippen molar-refractivity contribution in [3.63, 3.8) is 0 Å². The summed E-state index contributed by atoms with van der Waals surface area (Å²) < 4.78 is 17.8. The van der Waals surface area contributed by atoms with Crippen molar-refractivity contribution >= 4 is 0 Å². The maximum Gasteiger partial charge on any atom is 0.143 e. The van der Waals surface area contributed by atoms with Gasteiger partial charge in [0.2, 0.25) is 0 Å². The molecule has 0 spiro atoms. The third-order valence-corrected chi connectivity index (χ3v) is 7.23. The van der Waals surface area contributed by atoms with Crippen molar-refractivity contribution in [2.45, 2.75) is 24.5 Å². The summed E-state index contributed by atoms with van der Waals surface area (Å²) in [4.78, 5) is 0. The van der Waals surface area contributed by atoms with Crippen molar-refractivity contribution in [3.8, 4) is 11.5 Å². The first-order valence-corrected chi connectivity index (χ1v) is 11.3. The molecule has 0 aliphatic heterocycles. The van der Waals surface area contributed by atoms with Gasteiger partial charge in [0.05, 0.1) is 26.9 Å². The molecule has 4 heteroatoms. The average Bonchev–Trinajstić information content (AvgIpc) is 3.54. The van der Waals surface area contributed by atoms with E-state index in [0.717, 1.165) is 34.6 Å². The van der Waals surface area contributed by atoms with Crippen LogP contribution in [0.5, 0.6) is 11.5 Å². The third kappa shape index (κ3) is 3.68. The molecule has 2 saturated carbocycles. The van der Waals surface area contributed by atoms with E-state index in [1.54, 1.807) is 14.2 Å². The molecule has 4 nitrogen and oxygen atoms in total. The fourth-order valence-electron chi connectivity index (χ4n) is 5.37. The van der Waals surface area contributed by atoms with Crippen molar-refractivity contribution in [1.82, 2.24) is 0 Å². The van der Waals surface area contributed by atoms with Gasteiger partial charge in [0, 0.05) is 5.92 Å². The van der Waals surface area contributed by atoms with Crippen molar-refractivity contribution in [2.24, 2.45) is 17.8 Å². The highest BCUT2D eigenvalue weighted by molar-refractivity contribution is 5.49. The van der Waals surface area contributed by atoms with Crippen LogP contribution in [0.1, 0.15) is 29.5 Å². The van der Waals surface area contributed by atoms with E-state index in [4.69, 9.17) is 14.2 Å². The molecule has 0 radical (unpaired) electrons. The topological polar surface area (TPSA) is 47.9 Å². The van der Waals surface area contributed by atoms with Gasteiger partial charge in [-0.2, -0.15) is 0 Å². The van der Waals surface area contributed by atoms with E-state index in [-0.39, 0.29) is 12.0 Å². The quantitative estimate of drug-likeness (QED) is 0.509. The second-order valence-corrected chi connectivity index (χ2v) is 8.94. The maximum atomic E-state index is 10.6. The molecule has 2 fully saturated rings. The molecule has 166 valence electrons. The molecule has 2 aliphatic rings. The second kappa shape index (κ2) is 8.61. The SMILES string of the molecule is COc1ccc(C(OC[C@H]2[C@@H]3C[C@@H]3C[C@@H]2O)(c2ccccc2)c2ccc(OC)cc2)cc1. The fourth-order valence-corrected chi connectivity index (χ4v) is 5.37. The van der Waals surface area contributed by atoms with Gasteiger partial charge in [-0.25, -0.2) is 0 Å². The summed E-state index contributed by atoms with van der Waals surface area (Å²) in [6.45, 7) is 0.509. The largest absolute Gasteiger partial charge is 0.497 e. The van der Waals surface area contributed by atoms with Gasteiger partial charge >= 0.3 is 0 Å². The van der Waals surface area contributed by atoms with Gasteiger partial charge in [-0.3, -0.25) is 0 Å². The molecule has 5 rings (SSSR count). The van der Waals surface area contributed by atoms with Crippen LogP contribution in [0.25, 0.3) is 0 Å². The van der Waals surface area contributed by atoms with Crippen LogP contribution in [0.15, 0.2) is 78.9 Å². The lowest BCUT2D eigenvalue weighted by Gasteiger charge is -2.37. The van der Waals surface area contributed by atoms with E-state index < -0.39 is 5.60 Å². The van der Waals surface area contributed by atoms with Crippen LogP contribution in [0, 0.1) is 17.8 Å². The summed E-state index contributed by atoms with van der Waals surface area (Å²) in [6.07, 6.45) is 1.84. The first kappa shape index (κ1) is 21.0. The van der Waals surface area contributed by atoms with Gasteiger partial charge in [0.25, 0.3) is 0 Å². The Kier molecular flexibility index (Phi) is 5.66. The Bertz CT molecular complexity index is 980. The fraction of sp³-hybridized carbons (Fsp3) is 0.357. The number of hydrogen-bond donors (Lipinski definition) is 1. The van der Waals surface area contributed by atoms with E-state index >= 15 is 0 Å². The van der Waals surface area contributed by atoms with Crippen molar-refractivity contribution in [2.75, 3.05) is 20.8 Å². The van der Waals surface area contributed by atoms with Gasteiger partial charge in [-0.1, -0.05) is 54.6 Å². The summed E-state index contributed by atoms with van der Waals surface area (Å²) in [5.74, 6) is 3.05. The zero-order chi connectivity index (χ0) is 22.1. The van der Waals surface area contributed by atoms with Crippen molar-refractivity contribution in [1.29, 1.82) is 0 Å². The number of rotatable bonds is 8. The predicted octanol–water partition coefficient (Wildman–Crippen LogP) is 5.03. The lowest BCUT2D eigenvalue weighted by Crippen LogP contribution is -2.36. The smallest absolute Gasteiger partial charge is 0.143 e. The first-order valence-electron chi connectivity index (χ1n) is 11.3. The number of benzene rings is 3. The lowest BCUT2D eigenvalue weighted by molar-refractivity contribution is -0.0363. The number of methoxy groups -OCH3 is 2. The molecule has 32 heavy (non-hydrogen) atoms. The summed E-state index contributed by atoms with van der Waals surface area (Å²) >= 11 is 0. The molecule has 1 N–H and O–H groups in total. The zero-order valence-electron chi connectivity index (χ0n) is 18.6. The van der Waals surface area contributed by atoms with Crippen LogP contribution >= 0.6 is 0 Å². The molecule has 0 unspecified atom stereocenters. The molecule has 3 aromatic rings. The van der Waals surface area contributed by atoms with E-state index in [2.05, 4.69) is 36.4 Å². The molecule has 0 amide bonds. The Morgan fingerprint density at radius 1 is 0.750 bits per heavy atom. The summed E-state index contributed by atoms with van der Waals surface area (Å²) in [6, 6.07) is 26.5. The molecule has 0 bridgehead atoms. The molecular weight excluding hydrogens is 400 g/mol. The first-order chi connectivity index (χ1) is 15.7. The van der Waals surface area contributed by atoms with E-state index in [9.17, 15) is 5.11 Å². The van der Waals surface area contributed by atoms with Crippen LogP contribution in [0.2, 0.25) is 0 Å². The van der Waals surface area contributed by atoms with Gasteiger partial charge < -0.3 is 19.3 Å². The Morgan fingerprint density at radius 3 is 1.75 bits per heavy atom. The predicted molar refractivity (Wildman–Crippen MR) is 124 cm³/mol. The van der Waals surface area contributed by atoms with Crippen LogP contribution < -0.4 is 9.47 Å². The Hall–Kier alpha value is -2.82. The van der Waals surface area contributed by atoms with Crippen LogP contribution in [0.4, 0.5) is 0 Å². The highest BCUT2D eigenvalue weighted by Gasteiger charge is 2.53. The number of aliphatic hydroxyl groups is 1. The van der Waals surface area contributed by atoms with Crippen LogP contribution in [-0.2, 0) is 10.3 Å². The molecule has 4 atom stereocenters. The summed E-state index contributed by atoms with van der Waals surface area (Å²) in [5, 5.41) is 10.6. The second-order valence-electron chi connectivity index (χ2n) is 8.94. The number of fused-ring (bicyclic) bond motifs is 1. The zero-order valence-corrected chi connectivity index (χ0v) is 18.6. The van der Waals surface area contributed by atoms with Gasteiger partial charge in [0.1, 0.15) is 17.1 Å². The third-order valence-electron chi connectivity index (χ3n) is 7.23. The van der Waals surface area contributed by atoms with Crippen LogP contribution in [0.3, 0.4) is 0 Å². The lowest BCUT2D eigenvalue weighted by atomic mass is 9.79. The highest BCUT2D eigenvalue weighted by atomic mass is 16.5. The number of ether oxygens (including phenoxy) is 3. The minimum absolute atomic E-state index is 0.180. The standard InChI is InChI=1S/C28H30O4/c1-30-23-12-8-21(9-13-23)28(20-6-4-3-5-7-20,22-10-14-24(31-2)15-11-22)32-18-26-25-16-19(25)17-27(26)29/h3-15,19,25-27,29H,16-18H2,1-2H3/t19-,25-,26+,27+/m1/s1. The minimum atomic E-state index is -0.813. The van der Waals surface area contributed by atoms with Crippen molar-refractivity contribution in [3.05, 3.63) is 95.6 Å². The van der Waals surface area contributed by atoms with Gasteiger partial charge in [-0.05, 0) is 65.6 Å². The molecular formula is C28H30O4. The van der Waals surface area contributed by atoms with E-state index in [1.807, 2.05) is 42.5 Å². The van der Waals surface area contributed by atoms with E-state index in [1.165, 1.54) is 6.42 Å². The number of aliphatic hydroxyl groups excluding tert-OH is 1.